The van der Waals surface area contributed by atoms with E-state index in [4.69, 9.17) is 0 Å². The molecule has 10 heavy (non-hydrogen) atoms. The number of nitrogens with one attached hydrogen (secondary N) is 1. The SMILES string of the molecule is C=C(/C=C\C)NC(C)CC. The first-order chi connectivity index (χ1) is 4.70. The molecule has 1 atom stereocenters. The van der Waals surface area contributed by atoms with Crippen LogP contribution in [0.2, 0.25) is 0 Å². The molecule has 1 unspecified atom stereocenters. The van der Waals surface area contributed by atoms with Gasteiger partial charge in [0.15, 0.2) is 0 Å². The highest BCUT2D eigenvalue weighted by molar-refractivity contribution is 5.11. The Hall–Kier alpha value is -0.720. The minimum absolute atomic E-state index is 0.531. The molecule has 58 valence electrons. The lowest BCUT2D eigenvalue weighted by Gasteiger charge is -2.11. The predicted octanol–water partition coefficient (Wildman–Crippen LogP) is 2.46. The van der Waals surface area contributed by atoms with E-state index in [0.29, 0.717) is 6.04 Å². The summed E-state index contributed by atoms with van der Waals surface area (Å²) in [6.45, 7) is 10.1. The summed E-state index contributed by atoms with van der Waals surface area (Å²) in [6, 6.07) is 0.531. The number of hydrogen-bond acceptors (Lipinski definition) is 1. The average Bonchev–Trinajstić information content (AvgIpc) is 1.88. The summed E-state index contributed by atoms with van der Waals surface area (Å²) in [5.41, 5.74) is 0.997. The molecule has 0 heterocycles. The Balaban J connectivity index is 3.57. The highest BCUT2D eigenvalue weighted by atomic mass is 14.9. The van der Waals surface area contributed by atoms with Crippen molar-refractivity contribution < 1.29 is 0 Å². The molecule has 0 aromatic heterocycles. The molecule has 0 rings (SSSR count). The van der Waals surface area contributed by atoms with Crippen molar-refractivity contribution in [1.29, 1.82) is 0 Å². The Bertz CT molecular complexity index is 125. The molecule has 0 aromatic carbocycles. The second kappa shape index (κ2) is 5.10. The van der Waals surface area contributed by atoms with Crippen molar-refractivity contribution in [2.24, 2.45) is 0 Å². The monoisotopic (exact) mass is 139 g/mol. The van der Waals surface area contributed by atoms with Gasteiger partial charge in [-0.05, 0) is 26.3 Å². The van der Waals surface area contributed by atoms with E-state index in [9.17, 15) is 0 Å². The molecule has 1 heteroatoms. The summed E-state index contributed by atoms with van der Waals surface area (Å²) in [6.07, 6.45) is 5.10. The minimum Gasteiger partial charge on any atom is -0.383 e. The molecular weight excluding hydrogens is 122 g/mol. The van der Waals surface area contributed by atoms with Gasteiger partial charge < -0.3 is 5.32 Å². The van der Waals surface area contributed by atoms with Gasteiger partial charge in [0, 0.05) is 11.7 Å². The zero-order valence-electron chi connectivity index (χ0n) is 7.15. The molecule has 0 saturated heterocycles. The zero-order valence-corrected chi connectivity index (χ0v) is 7.15. The van der Waals surface area contributed by atoms with Gasteiger partial charge >= 0.3 is 0 Å². The van der Waals surface area contributed by atoms with Gasteiger partial charge in [0.1, 0.15) is 0 Å². The maximum Gasteiger partial charge on any atom is 0.0265 e. The van der Waals surface area contributed by atoms with Crippen molar-refractivity contribution in [2.45, 2.75) is 33.2 Å². The van der Waals surface area contributed by atoms with Gasteiger partial charge in [0.25, 0.3) is 0 Å². The van der Waals surface area contributed by atoms with Gasteiger partial charge in [0.05, 0.1) is 0 Å². The topological polar surface area (TPSA) is 12.0 Å². The Morgan fingerprint density at radius 1 is 1.70 bits per heavy atom. The van der Waals surface area contributed by atoms with Crippen LogP contribution >= 0.6 is 0 Å². The van der Waals surface area contributed by atoms with E-state index in [0.717, 1.165) is 12.1 Å². The number of hydrogen-bond donors (Lipinski definition) is 1. The second-order valence-electron chi connectivity index (χ2n) is 2.48. The third kappa shape index (κ3) is 4.19. The lowest BCUT2D eigenvalue weighted by Crippen LogP contribution is -2.22. The van der Waals surface area contributed by atoms with Crippen LogP contribution in [0.15, 0.2) is 24.4 Å². The summed E-state index contributed by atoms with van der Waals surface area (Å²) in [5, 5.41) is 3.25. The standard InChI is InChI=1S/C9H17N/c1-5-7-9(4)10-8(3)6-2/h5,7-8,10H,4,6H2,1-3H3/b7-5-. The van der Waals surface area contributed by atoms with Gasteiger partial charge in [-0.1, -0.05) is 19.6 Å². The van der Waals surface area contributed by atoms with Crippen LogP contribution < -0.4 is 5.32 Å². The first kappa shape index (κ1) is 9.28. The lowest BCUT2D eigenvalue weighted by molar-refractivity contribution is 0.605. The minimum atomic E-state index is 0.531. The fourth-order valence-electron chi connectivity index (χ4n) is 0.668. The molecule has 0 radical (unpaired) electrons. The smallest absolute Gasteiger partial charge is 0.0265 e. The molecule has 1 N–H and O–H groups in total. The quantitative estimate of drug-likeness (QED) is 0.590. The fourth-order valence-corrected chi connectivity index (χ4v) is 0.668. The van der Waals surface area contributed by atoms with Crippen molar-refractivity contribution in [1.82, 2.24) is 5.32 Å². The molecule has 0 aliphatic rings. The van der Waals surface area contributed by atoms with Crippen molar-refractivity contribution >= 4 is 0 Å². The normalized spacial score (nSPS) is 13.5. The predicted molar refractivity (Wildman–Crippen MR) is 46.8 cm³/mol. The summed E-state index contributed by atoms with van der Waals surface area (Å²) in [4.78, 5) is 0. The van der Waals surface area contributed by atoms with E-state index in [1.165, 1.54) is 0 Å². The molecule has 0 amide bonds. The van der Waals surface area contributed by atoms with Gasteiger partial charge in [-0.25, -0.2) is 0 Å². The second-order valence-corrected chi connectivity index (χ2v) is 2.48. The number of rotatable bonds is 4. The van der Waals surface area contributed by atoms with Crippen molar-refractivity contribution in [2.75, 3.05) is 0 Å². The maximum absolute atomic E-state index is 3.83. The fraction of sp³-hybridized carbons (Fsp3) is 0.556. The van der Waals surface area contributed by atoms with Gasteiger partial charge in [-0.15, -0.1) is 0 Å². The van der Waals surface area contributed by atoms with Crippen LogP contribution in [0, 0.1) is 0 Å². The molecule has 0 spiro atoms. The van der Waals surface area contributed by atoms with Gasteiger partial charge in [-0.2, -0.15) is 0 Å². The molecule has 0 fully saturated rings. The third-order valence-electron chi connectivity index (χ3n) is 1.41. The van der Waals surface area contributed by atoms with Crippen LogP contribution in [-0.2, 0) is 0 Å². The largest absolute Gasteiger partial charge is 0.383 e. The summed E-state index contributed by atoms with van der Waals surface area (Å²) < 4.78 is 0. The van der Waals surface area contributed by atoms with Crippen molar-refractivity contribution in [3.8, 4) is 0 Å². The molecular formula is C9H17N. The Kier molecular flexibility index (Phi) is 4.73. The lowest BCUT2D eigenvalue weighted by atomic mass is 10.2. The highest BCUT2D eigenvalue weighted by Crippen LogP contribution is 1.93. The van der Waals surface area contributed by atoms with Gasteiger partial charge in [0.2, 0.25) is 0 Å². The Labute approximate surface area is 63.8 Å². The van der Waals surface area contributed by atoms with Crippen molar-refractivity contribution in [3.05, 3.63) is 24.4 Å². The zero-order chi connectivity index (χ0) is 7.98. The molecule has 0 bridgehead atoms. The molecule has 0 aliphatic carbocycles. The highest BCUT2D eigenvalue weighted by Gasteiger charge is 1.94. The molecule has 0 aliphatic heterocycles. The molecule has 0 aromatic rings. The molecule has 1 nitrogen and oxygen atoms in total. The van der Waals surface area contributed by atoms with E-state index in [1.54, 1.807) is 0 Å². The van der Waals surface area contributed by atoms with Crippen LogP contribution in [0.3, 0.4) is 0 Å². The summed E-state index contributed by atoms with van der Waals surface area (Å²) >= 11 is 0. The van der Waals surface area contributed by atoms with E-state index in [2.05, 4.69) is 25.7 Å². The van der Waals surface area contributed by atoms with E-state index in [1.807, 2.05) is 19.1 Å². The average molecular weight is 139 g/mol. The first-order valence-electron chi connectivity index (χ1n) is 3.78. The van der Waals surface area contributed by atoms with Gasteiger partial charge in [-0.3, -0.25) is 0 Å². The number of allylic oxidation sites excluding steroid dienone is 2. The van der Waals surface area contributed by atoms with Crippen LogP contribution in [-0.4, -0.2) is 6.04 Å². The summed E-state index contributed by atoms with van der Waals surface area (Å²) in [7, 11) is 0. The van der Waals surface area contributed by atoms with E-state index >= 15 is 0 Å². The Morgan fingerprint density at radius 2 is 2.30 bits per heavy atom. The first-order valence-corrected chi connectivity index (χ1v) is 3.78. The summed E-state index contributed by atoms with van der Waals surface area (Å²) in [5.74, 6) is 0. The van der Waals surface area contributed by atoms with Crippen LogP contribution in [0.4, 0.5) is 0 Å². The van der Waals surface area contributed by atoms with E-state index in [-0.39, 0.29) is 0 Å². The Morgan fingerprint density at radius 3 is 2.70 bits per heavy atom. The van der Waals surface area contributed by atoms with Crippen LogP contribution in [0.5, 0.6) is 0 Å². The third-order valence-corrected chi connectivity index (χ3v) is 1.41. The molecule has 0 saturated carbocycles. The maximum atomic E-state index is 3.83. The van der Waals surface area contributed by atoms with E-state index < -0.39 is 0 Å². The van der Waals surface area contributed by atoms with Crippen LogP contribution in [0.25, 0.3) is 0 Å². The van der Waals surface area contributed by atoms with Crippen molar-refractivity contribution in [3.63, 3.8) is 0 Å². The van der Waals surface area contributed by atoms with Crippen LogP contribution in [0.1, 0.15) is 27.2 Å².